The third-order valence-electron chi connectivity index (χ3n) is 5.22. The number of aromatic nitrogens is 4. The maximum absolute atomic E-state index is 12.8. The Labute approximate surface area is 166 Å². The number of amides is 1. The Morgan fingerprint density at radius 1 is 1.34 bits per heavy atom. The van der Waals surface area contributed by atoms with E-state index in [4.69, 9.17) is 4.74 Å². The van der Waals surface area contributed by atoms with Gasteiger partial charge in [0.25, 0.3) is 5.91 Å². The highest BCUT2D eigenvalue weighted by Crippen LogP contribution is 2.23. The predicted octanol–water partition coefficient (Wildman–Crippen LogP) is 1.73. The van der Waals surface area contributed by atoms with Crippen LogP contribution in [0.15, 0.2) is 36.7 Å². The van der Waals surface area contributed by atoms with Crippen LogP contribution in [-0.2, 0) is 9.53 Å². The molecule has 9 nitrogen and oxygen atoms in total. The molecule has 29 heavy (non-hydrogen) atoms. The summed E-state index contributed by atoms with van der Waals surface area (Å²) in [5, 5.41) is 22.2. The molecule has 2 unspecified atom stereocenters. The first kappa shape index (κ1) is 19.0. The molecule has 3 heterocycles. The second-order valence-corrected chi connectivity index (χ2v) is 7.08. The van der Waals surface area contributed by atoms with Gasteiger partial charge < -0.3 is 15.2 Å². The summed E-state index contributed by atoms with van der Waals surface area (Å²) >= 11 is 0. The lowest BCUT2D eigenvalue weighted by atomic mass is 9.93. The molecule has 2 N–H and O–H groups in total. The lowest BCUT2D eigenvalue weighted by molar-refractivity contribution is -0.142. The Kier molecular flexibility index (Phi) is 5.22. The Morgan fingerprint density at radius 2 is 2.21 bits per heavy atom. The number of hydrogen-bond donors (Lipinski definition) is 2. The van der Waals surface area contributed by atoms with E-state index in [9.17, 15) is 14.7 Å². The van der Waals surface area contributed by atoms with Crippen LogP contribution < -0.4 is 5.32 Å². The van der Waals surface area contributed by atoms with E-state index < -0.39 is 17.9 Å². The molecule has 150 valence electrons. The zero-order chi connectivity index (χ0) is 20.4. The van der Waals surface area contributed by atoms with Gasteiger partial charge in [-0.3, -0.25) is 9.78 Å². The number of carbonyl (C=O) groups excluding carboxylic acids is 1. The Morgan fingerprint density at radius 3 is 2.97 bits per heavy atom. The average molecular weight is 395 g/mol. The summed E-state index contributed by atoms with van der Waals surface area (Å²) in [7, 11) is 0. The number of fused-ring (bicyclic) bond motifs is 1. The number of benzene rings is 1. The summed E-state index contributed by atoms with van der Waals surface area (Å²) in [5.41, 5.74) is 1.39. The summed E-state index contributed by atoms with van der Waals surface area (Å²) in [6.45, 7) is 2.66. The minimum Gasteiger partial charge on any atom is -0.480 e. The van der Waals surface area contributed by atoms with Gasteiger partial charge in [-0.25, -0.2) is 9.48 Å². The molecule has 4 rings (SSSR count). The van der Waals surface area contributed by atoms with Crippen molar-refractivity contribution in [1.29, 1.82) is 0 Å². The van der Waals surface area contributed by atoms with Crippen LogP contribution in [-0.4, -0.2) is 56.2 Å². The van der Waals surface area contributed by atoms with Crippen LogP contribution in [0.5, 0.6) is 0 Å². The van der Waals surface area contributed by atoms with Crippen LogP contribution in [0, 0.1) is 12.8 Å². The fourth-order valence-corrected chi connectivity index (χ4v) is 3.68. The summed E-state index contributed by atoms with van der Waals surface area (Å²) in [6, 6.07) is 6.54. The molecule has 9 heteroatoms. The molecular formula is C20H21N5O4. The van der Waals surface area contributed by atoms with E-state index in [1.54, 1.807) is 24.0 Å². The van der Waals surface area contributed by atoms with Gasteiger partial charge >= 0.3 is 5.97 Å². The maximum atomic E-state index is 12.8. The van der Waals surface area contributed by atoms with Crippen molar-refractivity contribution in [2.75, 3.05) is 13.2 Å². The smallest absolute Gasteiger partial charge is 0.326 e. The van der Waals surface area contributed by atoms with Crippen molar-refractivity contribution in [1.82, 2.24) is 25.3 Å². The van der Waals surface area contributed by atoms with Crippen LogP contribution in [0.25, 0.3) is 16.5 Å². The van der Waals surface area contributed by atoms with E-state index in [1.807, 2.05) is 24.3 Å². The lowest BCUT2D eigenvalue weighted by Crippen LogP contribution is -2.48. The monoisotopic (exact) mass is 395 g/mol. The quantitative estimate of drug-likeness (QED) is 0.675. The van der Waals surface area contributed by atoms with Crippen molar-refractivity contribution in [2.24, 2.45) is 5.92 Å². The molecule has 1 aromatic carbocycles. The largest absolute Gasteiger partial charge is 0.480 e. The Hall–Kier alpha value is -3.33. The molecule has 1 amide bonds. The van der Waals surface area contributed by atoms with E-state index in [1.165, 1.54) is 0 Å². The molecule has 1 aliphatic heterocycles. The van der Waals surface area contributed by atoms with E-state index >= 15 is 0 Å². The van der Waals surface area contributed by atoms with Gasteiger partial charge in [0.1, 0.15) is 6.04 Å². The first-order chi connectivity index (χ1) is 14.1. The minimum absolute atomic E-state index is 0.0963. The number of ether oxygens (including phenoxy) is 1. The van der Waals surface area contributed by atoms with E-state index in [0.717, 1.165) is 22.9 Å². The number of aliphatic carboxylic acids is 1. The minimum atomic E-state index is -1.08. The van der Waals surface area contributed by atoms with Crippen LogP contribution in [0.4, 0.5) is 0 Å². The second-order valence-electron chi connectivity index (χ2n) is 7.08. The molecular weight excluding hydrogens is 374 g/mol. The number of carbonyl (C=O) groups is 2. The normalized spacial score (nSPS) is 17.8. The fraction of sp³-hybridized carbons (Fsp3) is 0.350. The third-order valence-corrected chi connectivity index (χ3v) is 5.22. The number of carboxylic acids is 1. The van der Waals surface area contributed by atoms with Gasteiger partial charge in [-0.2, -0.15) is 0 Å². The fourth-order valence-electron chi connectivity index (χ4n) is 3.68. The van der Waals surface area contributed by atoms with Crippen molar-refractivity contribution >= 4 is 22.6 Å². The van der Waals surface area contributed by atoms with Crippen molar-refractivity contribution in [3.05, 3.63) is 48.0 Å². The molecule has 3 aromatic rings. The van der Waals surface area contributed by atoms with E-state index in [-0.39, 0.29) is 11.6 Å². The molecule has 1 saturated heterocycles. The van der Waals surface area contributed by atoms with Gasteiger partial charge in [-0.1, -0.05) is 17.3 Å². The molecule has 0 bridgehead atoms. The number of carboxylic acid groups (broad SMARTS) is 1. The number of nitrogens with one attached hydrogen (secondary N) is 1. The van der Waals surface area contributed by atoms with Crippen LogP contribution >= 0.6 is 0 Å². The molecule has 1 fully saturated rings. The van der Waals surface area contributed by atoms with Crippen molar-refractivity contribution in [3.63, 3.8) is 0 Å². The Bertz CT molecular complexity index is 1050. The third kappa shape index (κ3) is 3.68. The zero-order valence-electron chi connectivity index (χ0n) is 15.9. The van der Waals surface area contributed by atoms with Gasteiger partial charge in [-0.15, -0.1) is 5.10 Å². The standard InChI is InChI=1S/C20H21N5O4/c1-12-17(19(26)22-18(20(27)28)14-5-3-9-29-11-14)23-24-25(12)16-6-2-4-13-10-21-8-7-15(13)16/h2,4,6-8,10,14,18H,3,5,9,11H2,1H3,(H,22,26)(H,27,28). The van der Waals surface area contributed by atoms with Crippen molar-refractivity contribution in [3.8, 4) is 5.69 Å². The summed E-state index contributed by atoms with van der Waals surface area (Å²) in [5.74, 6) is -1.92. The summed E-state index contributed by atoms with van der Waals surface area (Å²) < 4.78 is 6.96. The summed E-state index contributed by atoms with van der Waals surface area (Å²) in [4.78, 5) is 28.6. The molecule has 2 aromatic heterocycles. The number of hydrogen-bond acceptors (Lipinski definition) is 6. The van der Waals surface area contributed by atoms with Crippen LogP contribution in [0.2, 0.25) is 0 Å². The lowest BCUT2D eigenvalue weighted by Gasteiger charge is -2.27. The highest BCUT2D eigenvalue weighted by Gasteiger charge is 2.32. The molecule has 0 aliphatic carbocycles. The summed E-state index contributed by atoms with van der Waals surface area (Å²) in [6.07, 6.45) is 4.90. The highest BCUT2D eigenvalue weighted by atomic mass is 16.5. The number of pyridine rings is 1. The first-order valence-electron chi connectivity index (χ1n) is 9.43. The second kappa shape index (κ2) is 7.96. The van der Waals surface area contributed by atoms with Gasteiger partial charge in [0.05, 0.1) is 18.0 Å². The topological polar surface area (TPSA) is 119 Å². The van der Waals surface area contributed by atoms with Crippen molar-refractivity contribution in [2.45, 2.75) is 25.8 Å². The number of rotatable bonds is 5. The number of nitrogens with zero attached hydrogens (tertiary/aromatic N) is 4. The molecule has 1 aliphatic rings. The van der Waals surface area contributed by atoms with Gasteiger partial charge in [-0.05, 0) is 31.9 Å². The van der Waals surface area contributed by atoms with Gasteiger partial charge in [0, 0.05) is 35.7 Å². The molecule has 0 spiro atoms. The maximum Gasteiger partial charge on any atom is 0.326 e. The van der Waals surface area contributed by atoms with Crippen LogP contribution in [0.3, 0.4) is 0 Å². The SMILES string of the molecule is Cc1c(C(=O)NC(C(=O)O)C2CCCOC2)nnn1-c1cccc2cnccc12. The molecule has 0 radical (unpaired) electrons. The average Bonchev–Trinajstić information content (AvgIpc) is 3.13. The highest BCUT2D eigenvalue weighted by molar-refractivity contribution is 5.96. The Balaban J connectivity index is 1.62. The van der Waals surface area contributed by atoms with E-state index in [2.05, 4.69) is 20.6 Å². The van der Waals surface area contributed by atoms with Gasteiger partial charge in [0.2, 0.25) is 0 Å². The predicted molar refractivity (Wildman–Crippen MR) is 104 cm³/mol. The van der Waals surface area contributed by atoms with Crippen molar-refractivity contribution < 1.29 is 19.4 Å². The molecule has 2 atom stereocenters. The first-order valence-corrected chi connectivity index (χ1v) is 9.43. The van der Waals surface area contributed by atoms with E-state index in [0.29, 0.717) is 25.3 Å². The zero-order valence-corrected chi connectivity index (χ0v) is 15.9. The molecule has 0 saturated carbocycles. The van der Waals surface area contributed by atoms with Crippen LogP contribution in [0.1, 0.15) is 29.0 Å². The van der Waals surface area contributed by atoms with Gasteiger partial charge in [0.15, 0.2) is 5.69 Å².